The molecule has 2 amide bonds. The molecule has 1 N–H and O–H groups in total. The van der Waals surface area contributed by atoms with Crippen molar-refractivity contribution in [3.8, 4) is 0 Å². The number of hydrogen-bond acceptors (Lipinski definition) is 2. The first kappa shape index (κ1) is 17.0. The summed E-state index contributed by atoms with van der Waals surface area (Å²) in [6.07, 6.45) is 1.93. The summed E-state index contributed by atoms with van der Waals surface area (Å²) in [5, 5.41) is 4.10. The van der Waals surface area contributed by atoms with E-state index in [4.69, 9.17) is 0 Å². The van der Waals surface area contributed by atoms with Gasteiger partial charge in [-0.15, -0.1) is 0 Å². The minimum atomic E-state index is -0.901. The van der Waals surface area contributed by atoms with Crippen LogP contribution in [0.5, 0.6) is 0 Å². The van der Waals surface area contributed by atoms with Crippen LogP contribution in [0.3, 0.4) is 0 Å². The van der Waals surface area contributed by atoms with Crippen molar-refractivity contribution < 1.29 is 9.59 Å². The van der Waals surface area contributed by atoms with Gasteiger partial charge in [0.25, 0.3) is 5.91 Å². The highest BCUT2D eigenvalue weighted by Gasteiger charge is 2.52. The largest absolute Gasteiger partial charge is 0.350 e. The summed E-state index contributed by atoms with van der Waals surface area (Å²) in [5.41, 5.74) is 1.83. The van der Waals surface area contributed by atoms with Crippen molar-refractivity contribution in [1.29, 1.82) is 0 Å². The first-order valence-corrected chi connectivity index (χ1v) is 9.82. The Morgan fingerprint density at radius 1 is 1.11 bits per heavy atom. The number of rotatable bonds is 4. The number of aromatic nitrogens is 1. The molecule has 2 heterocycles. The van der Waals surface area contributed by atoms with Crippen LogP contribution in [-0.2, 0) is 17.9 Å². The van der Waals surface area contributed by atoms with Crippen LogP contribution < -0.4 is 5.32 Å². The van der Waals surface area contributed by atoms with E-state index in [1.165, 1.54) is 0 Å². The highest BCUT2D eigenvalue weighted by molar-refractivity contribution is 6.04. The monoisotopic (exact) mass is 373 g/mol. The molecule has 1 aromatic heterocycles. The molecule has 0 saturated heterocycles. The zero-order valence-electron chi connectivity index (χ0n) is 15.9. The maximum Gasteiger partial charge on any atom is 0.271 e. The molecule has 0 bridgehead atoms. The number of carbonyl (C=O) groups is 2. The van der Waals surface area contributed by atoms with Gasteiger partial charge in [0, 0.05) is 23.5 Å². The van der Waals surface area contributed by atoms with Crippen molar-refractivity contribution in [2.45, 2.75) is 44.4 Å². The smallest absolute Gasteiger partial charge is 0.271 e. The second-order valence-electron chi connectivity index (χ2n) is 8.02. The van der Waals surface area contributed by atoms with E-state index in [2.05, 4.69) is 5.32 Å². The Balaban J connectivity index is 1.51. The summed E-state index contributed by atoms with van der Waals surface area (Å²) in [5.74, 6) is -0.137. The topological polar surface area (TPSA) is 54.3 Å². The fourth-order valence-electron chi connectivity index (χ4n) is 4.34. The second kappa shape index (κ2) is 6.23. The zero-order chi connectivity index (χ0) is 19.3. The van der Waals surface area contributed by atoms with Gasteiger partial charge < -0.3 is 14.8 Å². The zero-order valence-corrected chi connectivity index (χ0v) is 15.9. The van der Waals surface area contributed by atoms with E-state index in [1.807, 2.05) is 77.1 Å². The molecule has 3 aromatic rings. The van der Waals surface area contributed by atoms with Crippen LogP contribution in [-0.4, -0.2) is 32.9 Å². The fourth-order valence-corrected chi connectivity index (χ4v) is 4.34. The minimum absolute atomic E-state index is 0.0395. The predicted octanol–water partition coefficient (Wildman–Crippen LogP) is 3.33. The van der Waals surface area contributed by atoms with Crippen LogP contribution in [0.15, 0.2) is 60.7 Å². The predicted molar refractivity (Wildman–Crippen MR) is 108 cm³/mol. The minimum Gasteiger partial charge on any atom is -0.350 e. The summed E-state index contributed by atoms with van der Waals surface area (Å²) in [6.45, 7) is 2.83. The van der Waals surface area contributed by atoms with Crippen LogP contribution >= 0.6 is 0 Å². The lowest BCUT2D eigenvalue weighted by Crippen LogP contribution is -2.64. The van der Waals surface area contributed by atoms with E-state index >= 15 is 0 Å². The lowest BCUT2D eigenvalue weighted by atomic mass is 9.94. The number of benzene rings is 2. The summed E-state index contributed by atoms with van der Waals surface area (Å²) < 4.78 is 2.01. The molecular formula is C23H23N3O2. The number of para-hydroxylation sites is 1. The Kier molecular flexibility index (Phi) is 3.79. The second-order valence-corrected chi connectivity index (χ2v) is 8.02. The van der Waals surface area contributed by atoms with Crippen LogP contribution in [0.4, 0.5) is 0 Å². The van der Waals surface area contributed by atoms with Gasteiger partial charge in [-0.1, -0.05) is 48.5 Å². The van der Waals surface area contributed by atoms with Crippen molar-refractivity contribution in [3.63, 3.8) is 0 Å². The normalized spacial score (nSPS) is 21.6. The molecule has 0 spiro atoms. The van der Waals surface area contributed by atoms with Crippen molar-refractivity contribution in [2.75, 3.05) is 0 Å². The van der Waals surface area contributed by atoms with Crippen LogP contribution in [0, 0.1) is 0 Å². The molecule has 1 aliphatic heterocycles. The van der Waals surface area contributed by atoms with Crippen molar-refractivity contribution in [1.82, 2.24) is 14.8 Å². The fraction of sp³-hybridized carbons (Fsp3) is 0.304. The van der Waals surface area contributed by atoms with Gasteiger partial charge in [0.05, 0.1) is 6.54 Å². The maximum atomic E-state index is 13.4. The van der Waals surface area contributed by atoms with E-state index in [9.17, 15) is 9.59 Å². The van der Waals surface area contributed by atoms with Crippen molar-refractivity contribution in [2.24, 2.45) is 0 Å². The number of hydrogen-bond donors (Lipinski definition) is 1. The Morgan fingerprint density at radius 2 is 1.82 bits per heavy atom. The van der Waals surface area contributed by atoms with E-state index in [1.54, 1.807) is 0 Å². The Labute approximate surface area is 163 Å². The third-order valence-electron chi connectivity index (χ3n) is 5.94. The third-order valence-corrected chi connectivity index (χ3v) is 5.94. The molecule has 5 heteroatoms. The lowest BCUT2D eigenvalue weighted by molar-refractivity contribution is -0.133. The number of nitrogens with one attached hydrogen (secondary N) is 1. The Morgan fingerprint density at radius 3 is 2.57 bits per heavy atom. The van der Waals surface area contributed by atoms with Gasteiger partial charge in [-0.25, -0.2) is 0 Å². The summed E-state index contributed by atoms with van der Waals surface area (Å²) in [6, 6.07) is 20.0. The molecule has 2 aliphatic rings. The Hall–Kier alpha value is -3.08. The van der Waals surface area contributed by atoms with Crippen LogP contribution in [0.1, 0.15) is 35.8 Å². The van der Waals surface area contributed by atoms with Crippen LogP contribution in [0.25, 0.3) is 10.9 Å². The van der Waals surface area contributed by atoms with Crippen LogP contribution in [0.2, 0.25) is 0 Å². The van der Waals surface area contributed by atoms with E-state index < -0.39 is 5.54 Å². The van der Waals surface area contributed by atoms with Gasteiger partial charge in [0.2, 0.25) is 5.91 Å². The molecule has 1 atom stereocenters. The number of carbonyl (C=O) groups excluding carboxylic acids is 2. The molecular weight excluding hydrogens is 350 g/mol. The lowest BCUT2D eigenvalue weighted by Gasteiger charge is -2.44. The molecule has 5 rings (SSSR count). The van der Waals surface area contributed by atoms with Gasteiger partial charge in [-0.2, -0.15) is 0 Å². The first-order valence-electron chi connectivity index (χ1n) is 9.82. The molecule has 142 valence electrons. The first-order chi connectivity index (χ1) is 13.6. The molecule has 0 unspecified atom stereocenters. The standard InChI is InChI=1S/C23H23N3O2/c1-23(22(28)24-14-16-7-3-2-4-8-16)15-25-19-10-6-5-9-17(19)13-20(25)21(27)26(23)18-11-12-18/h2-10,13,18H,11-12,14-15H2,1H3,(H,24,28)/t23-/m0/s1. The van der Waals surface area contributed by atoms with Gasteiger partial charge in [-0.3, -0.25) is 9.59 Å². The average Bonchev–Trinajstić information content (AvgIpc) is 3.47. The number of fused-ring (bicyclic) bond motifs is 3. The number of amides is 2. The van der Waals surface area contributed by atoms with Crippen molar-refractivity contribution >= 4 is 22.7 Å². The quantitative estimate of drug-likeness (QED) is 0.763. The van der Waals surface area contributed by atoms with E-state index in [0.717, 1.165) is 29.3 Å². The third kappa shape index (κ3) is 2.61. The number of nitrogens with zero attached hydrogens (tertiary/aromatic N) is 2. The summed E-state index contributed by atoms with van der Waals surface area (Å²) in [4.78, 5) is 28.6. The Bertz CT molecular complexity index is 1070. The van der Waals surface area contributed by atoms with Gasteiger partial charge >= 0.3 is 0 Å². The van der Waals surface area contributed by atoms with Gasteiger partial charge in [-0.05, 0) is 37.5 Å². The molecule has 0 radical (unpaired) electrons. The van der Waals surface area contributed by atoms with Gasteiger partial charge in [0.1, 0.15) is 11.2 Å². The highest BCUT2D eigenvalue weighted by Crippen LogP contribution is 2.40. The molecule has 1 aliphatic carbocycles. The van der Waals surface area contributed by atoms with Gasteiger partial charge in [0.15, 0.2) is 0 Å². The summed E-state index contributed by atoms with van der Waals surface area (Å²) in [7, 11) is 0. The van der Waals surface area contributed by atoms with E-state index in [-0.39, 0.29) is 17.9 Å². The SMILES string of the molecule is C[C@@]1(C(=O)NCc2ccccc2)Cn2c(cc3ccccc32)C(=O)N1C1CC1. The molecule has 1 fully saturated rings. The average molecular weight is 373 g/mol. The highest BCUT2D eigenvalue weighted by atomic mass is 16.2. The van der Waals surface area contributed by atoms with Crippen molar-refractivity contribution in [3.05, 3.63) is 71.9 Å². The molecule has 5 nitrogen and oxygen atoms in total. The maximum absolute atomic E-state index is 13.4. The molecule has 28 heavy (non-hydrogen) atoms. The summed E-state index contributed by atoms with van der Waals surface area (Å²) >= 11 is 0. The molecule has 2 aromatic carbocycles. The molecule has 1 saturated carbocycles. The van der Waals surface area contributed by atoms with E-state index in [0.29, 0.717) is 18.8 Å².